The lowest BCUT2D eigenvalue weighted by Crippen LogP contribution is -2.22. The number of aliphatic hydroxyl groups excluding tert-OH is 2. The van der Waals surface area contributed by atoms with Gasteiger partial charge < -0.3 is 15.1 Å². The first-order valence-corrected chi connectivity index (χ1v) is 5.72. The van der Waals surface area contributed by atoms with Crippen LogP contribution in [-0.4, -0.2) is 35.5 Å². The molecule has 1 fully saturated rings. The van der Waals surface area contributed by atoms with Crippen molar-refractivity contribution in [3.8, 4) is 6.07 Å². The van der Waals surface area contributed by atoms with Crippen molar-refractivity contribution in [2.45, 2.75) is 12.2 Å². The third kappa shape index (κ3) is 2.05. The Morgan fingerprint density at radius 2 is 1.94 bits per heavy atom. The summed E-state index contributed by atoms with van der Waals surface area (Å²) in [7, 11) is 0. The molecule has 2 unspecified atom stereocenters. The molecule has 1 aromatic rings. The first kappa shape index (κ1) is 11.4. The van der Waals surface area contributed by atoms with Crippen molar-refractivity contribution < 1.29 is 10.2 Å². The maximum absolute atomic E-state index is 9.44. The van der Waals surface area contributed by atoms with Crippen LogP contribution in [0.15, 0.2) is 22.7 Å². The van der Waals surface area contributed by atoms with Gasteiger partial charge in [0.1, 0.15) is 6.07 Å². The number of nitrogens with zero attached hydrogens (tertiary/aromatic N) is 2. The molecule has 0 aromatic heterocycles. The largest absolute Gasteiger partial charge is 0.389 e. The Bertz CT molecular complexity index is 434. The number of hydrogen-bond donors (Lipinski definition) is 2. The zero-order chi connectivity index (χ0) is 11.7. The summed E-state index contributed by atoms with van der Waals surface area (Å²) >= 11 is 3.31. The molecule has 0 bridgehead atoms. The minimum absolute atomic E-state index is 0.416. The van der Waals surface area contributed by atoms with Crippen LogP contribution in [0.4, 0.5) is 5.69 Å². The summed E-state index contributed by atoms with van der Waals surface area (Å²) in [5.74, 6) is 0. The van der Waals surface area contributed by atoms with E-state index in [9.17, 15) is 10.2 Å². The number of benzene rings is 1. The average Bonchev–Trinajstić information content (AvgIpc) is 2.59. The molecule has 1 aliphatic heterocycles. The first-order chi connectivity index (χ1) is 7.61. The Morgan fingerprint density at radius 1 is 1.31 bits per heavy atom. The highest BCUT2D eigenvalue weighted by molar-refractivity contribution is 9.10. The topological polar surface area (TPSA) is 67.5 Å². The summed E-state index contributed by atoms with van der Waals surface area (Å²) in [5, 5.41) is 27.7. The second-order valence-corrected chi connectivity index (χ2v) is 4.67. The minimum atomic E-state index is -0.700. The molecule has 0 radical (unpaired) electrons. The van der Waals surface area contributed by atoms with Gasteiger partial charge in [0.25, 0.3) is 0 Å². The molecular weight excluding hydrogens is 272 g/mol. The molecule has 84 valence electrons. The molecule has 1 aliphatic rings. The van der Waals surface area contributed by atoms with E-state index in [1.807, 2.05) is 17.0 Å². The predicted octanol–water partition coefficient (Wildman–Crippen LogP) is 0.863. The predicted molar refractivity (Wildman–Crippen MR) is 63.1 cm³/mol. The van der Waals surface area contributed by atoms with Gasteiger partial charge in [-0.3, -0.25) is 0 Å². The van der Waals surface area contributed by atoms with Crippen LogP contribution in [0.1, 0.15) is 5.56 Å². The Hall–Kier alpha value is -1.09. The smallest absolute Gasteiger partial charge is 0.100 e. The third-order valence-corrected chi connectivity index (χ3v) is 3.35. The van der Waals surface area contributed by atoms with E-state index in [0.29, 0.717) is 18.7 Å². The lowest BCUT2D eigenvalue weighted by Gasteiger charge is -2.18. The van der Waals surface area contributed by atoms with Gasteiger partial charge >= 0.3 is 0 Å². The molecule has 1 heterocycles. The lowest BCUT2D eigenvalue weighted by molar-refractivity contribution is 0.0572. The van der Waals surface area contributed by atoms with Crippen molar-refractivity contribution >= 4 is 21.6 Å². The summed E-state index contributed by atoms with van der Waals surface area (Å²) in [6.45, 7) is 0.832. The molecule has 2 atom stereocenters. The maximum atomic E-state index is 9.44. The molecule has 1 aromatic carbocycles. The summed E-state index contributed by atoms with van der Waals surface area (Å²) in [6, 6.07) is 7.42. The van der Waals surface area contributed by atoms with E-state index >= 15 is 0 Å². The van der Waals surface area contributed by atoms with Crippen molar-refractivity contribution in [3.63, 3.8) is 0 Å². The van der Waals surface area contributed by atoms with Crippen LogP contribution in [0.2, 0.25) is 0 Å². The van der Waals surface area contributed by atoms with Gasteiger partial charge in [0, 0.05) is 23.2 Å². The Morgan fingerprint density at radius 3 is 2.44 bits per heavy atom. The highest BCUT2D eigenvalue weighted by Gasteiger charge is 2.29. The van der Waals surface area contributed by atoms with Crippen LogP contribution in [0.5, 0.6) is 0 Å². The zero-order valence-electron chi connectivity index (χ0n) is 8.47. The number of anilines is 1. The Balaban J connectivity index is 2.23. The van der Waals surface area contributed by atoms with Crippen molar-refractivity contribution in [3.05, 3.63) is 28.2 Å². The van der Waals surface area contributed by atoms with Gasteiger partial charge in [-0.25, -0.2) is 0 Å². The summed E-state index contributed by atoms with van der Waals surface area (Å²) in [5.41, 5.74) is 1.46. The number of halogens is 1. The molecule has 16 heavy (non-hydrogen) atoms. The summed E-state index contributed by atoms with van der Waals surface area (Å²) in [6.07, 6.45) is -1.40. The number of hydrogen-bond acceptors (Lipinski definition) is 4. The SMILES string of the molecule is N#Cc1ccc(N2CC(O)C(O)C2)cc1Br. The number of rotatable bonds is 1. The van der Waals surface area contributed by atoms with Crippen molar-refractivity contribution in [2.75, 3.05) is 18.0 Å². The molecule has 0 saturated carbocycles. The summed E-state index contributed by atoms with van der Waals surface area (Å²) in [4.78, 5) is 1.89. The van der Waals surface area contributed by atoms with E-state index in [-0.39, 0.29) is 0 Å². The maximum Gasteiger partial charge on any atom is 0.100 e. The fraction of sp³-hybridized carbons (Fsp3) is 0.364. The van der Waals surface area contributed by atoms with Crippen molar-refractivity contribution in [2.24, 2.45) is 0 Å². The number of nitriles is 1. The second-order valence-electron chi connectivity index (χ2n) is 3.82. The Labute approximate surface area is 102 Å². The minimum Gasteiger partial charge on any atom is -0.389 e. The highest BCUT2D eigenvalue weighted by atomic mass is 79.9. The monoisotopic (exact) mass is 282 g/mol. The zero-order valence-corrected chi connectivity index (χ0v) is 10.1. The Kier molecular flexibility index (Phi) is 3.15. The van der Waals surface area contributed by atoms with Crippen LogP contribution < -0.4 is 4.90 Å². The van der Waals surface area contributed by atoms with Crippen LogP contribution >= 0.6 is 15.9 Å². The van der Waals surface area contributed by atoms with E-state index in [1.54, 1.807) is 6.07 Å². The normalized spacial score (nSPS) is 24.5. The van der Waals surface area contributed by atoms with Crippen molar-refractivity contribution in [1.29, 1.82) is 5.26 Å². The van der Waals surface area contributed by atoms with Gasteiger partial charge in [0.2, 0.25) is 0 Å². The van der Waals surface area contributed by atoms with Crippen LogP contribution in [-0.2, 0) is 0 Å². The highest BCUT2D eigenvalue weighted by Crippen LogP contribution is 2.26. The van der Waals surface area contributed by atoms with Gasteiger partial charge in [-0.1, -0.05) is 0 Å². The standard InChI is InChI=1S/C11H11BrN2O2/c12-9-3-8(2-1-7(9)4-13)14-5-10(15)11(16)6-14/h1-3,10-11,15-16H,5-6H2. The quantitative estimate of drug-likeness (QED) is 0.802. The van der Waals surface area contributed by atoms with E-state index in [1.165, 1.54) is 0 Å². The van der Waals surface area contributed by atoms with Crippen LogP contribution in [0, 0.1) is 11.3 Å². The molecule has 2 rings (SSSR count). The molecule has 5 heteroatoms. The lowest BCUT2D eigenvalue weighted by atomic mass is 10.2. The number of aliphatic hydroxyl groups is 2. The van der Waals surface area contributed by atoms with Gasteiger partial charge in [0.05, 0.1) is 17.8 Å². The van der Waals surface area contributed by atoms with Crippen LogP contribution in [0.3, 0.4) is 0 Å². The molecule has 4 nitrogen and oxygen atoms in total. The third-order valence-electron chi connectivity index (χ3n) is 2.70. The molecule has 0 aliphatic carbocycles. The first-order valence-electron chi connectivity index (χ1n) is 4.92. The molecule has 0 spiro atoms. The second kappa shape index (κ2) is 4.42. The molecular formula is C11H11BrN2O2. The van der Waals surface area contributed by atoms with Gasteiger partial charge in [-0.15, -0.1) is 0 Å². The van der Waals surface area contributed by atoms with E-state index < -0.39 is 12.2 Å². The molecule has 2 N–H and O–H groups in total. The fourth-order valence-corrected chi connectivity index (χ4v) is 2.23. The van der Waals surface area contributed by atoms with E-state index in [0.717, 1.165) is 10.2 Å². The van der Waals surface area contributed by atoms with E-state index in [2.05, 4.69) is 22.0 Å². The fourth-order valence-electron chi connectivity index (χ4n) is 1.77. The van der Waals surface area contributed by atoms with Gasteiger partial charge in [-0.05, 0) is 34.1 Å². The van der Waals surface area contributed by atoms with E-state index in [4.69, 9.17) is 5.26 Å². The summed E-state index contributed by atoms with van der Waals surface area (Å²) < 4.78 is 0.725. The number of β-amino-alcohol motifs (C(OH)–C–C–N with tert-alkyl or cyclic N) is 2. The van der Waals surface area contributed by atoms with Gasteiger partial charge in [-0.2, -0.15) is 5.26 Å². The van der Waals surface area contributed by atoms with Crippen LogP contribution in [0.25, 0.3) is 0 Å². The molecule has 1 saturated heterocycles. The average molecular weight is 283 g/mol. The molecule has 0 amide bonds. The van der Waals surface area contributed by atoms with Crippen molar-refractivity contribution in [1.82, 2.24) is 0 Å². The van der Waals surface area contributed by atoms with Gasteiger partial charge in [0.15, 0.2) is 0 Å².